The van der Waals surface area contributed by atoms with Gasteiger partial charge in [0.05, 0.1) is 0 Å². The third-order valence-corrected chi connectivity index (χ3v) is 4.57. The predicted molar refractivity (Wildman–Crippen MR) is 100 cm³/mol. The van der Waals surface area contributed by atoms with E-state index in [1.54, 1.807) is 4.68 Å². The number of benzene rings is 2. The van der Waals surface area contributed by atoms with Crippen molar-refractivity contribution >= 4 is 10.8 Å². The second kappa shape index (κ2) is 6.26. The molecule has 3 aromatic rings. The Kier molecular flexibility index (Phi) is 3.93. The highest BCUT2D eigenvalue weighted by Gasteiger charge is 2.21. The van der Waals surface area contributed by atoms with Gasteiger partial charge in [-0.25, -0.2) is 4.68 Å². The molecule has 1 aliphatic rings. The largest absolute Gasteiger partial charge is 0.305 e. The van der Waals surface area contributed by atoms with Crippen molar-refractivity contribution in [3.63, 3.8) is 0 Å². The number of allylic oxidation sites excluding steroid dienone is 2. The van der Waals surface area contributed by atoms with Crippen molar-refractivity contribution in [1.29, 1.82) is 0 Å². The van der Waals surface area contributed by atoms with Crippen molar-refractivity contribution in [3.8, 4) is 11.4 Å². The van der Waals surface area contributed by atoms with Crippen molar-refractivity contribution in [2.45, 2.75) is 5.92 Å². The summed E-state index contributed by atoms with van der Waals surface area (Å²) in [5.41, 5.74) is 3.69. The maximum atomic E-state index is 4.28. The molecule has 5 heteroatoms. The number of hydrogen-bond acceptors (Lipinski definition) is 4. The fourth-order valence-electron chi connectivity index (χ4n) is 3.49. The number of hydrogen-bond donors (Lipinski definition) is 0. The zero-order chi connectivity index (χ0) is 17.4. The van der Waals surface area contributed by atoms with Crippen LogP contribution in [0.3, 0.4) is 0 Å². The van der Waals surface area contributed by atoms with E-state index in [9.17, 15) is 0 Å². The van der Waals surface area contributed by atoms with Gasteiger partial charge in [0.1, 0.15) is 0 Å². The maximum Gasteiger partial charge on any atom is 0.182 e. The number of fused-ring (bicyclic) bond motifs is 1. The maximum absolute atomic E-state index is 4.28. The average molecular weight is 331 g/mol. The van der Waals surface area contributed by atoms with E-state index in [1.165, 1.54) is 21.9 Å². The first-order valence-corrected chi connectivity index (χ1v) is 8.41. The third kappa shape index (κ3) is 2.87. The first-order chi connectivity index (χ1) is 12.1. The van der Waals surface area contributed by atoms with Gasteiger partial charge in [0.2, 0.25) is 0 Å². The molecule has 0 radical (unpaired) electrons. The molecule has 0 amide bonds. The quantitative estimate of drug-likeness (QED) is 0.737. The van der Waals surface area contributed by atoms with Crippen LogP contribution < -0.4 is 0 Å². The van der Waals surface area contributed by atoms with Crippen LogP contribution in [0.2, 0.25) is 0 Å². The highest BCUT2D eigenvalue weighted by atomic mass is 15.5. The summed E-state index contributed by atoms with van der Waals surface area (Å²) in [6.45, 7) is 0.946. The normalized spacial score (nSPS) is 16.8. The summed E-state index contributed by atoms with van der Waals surface area (Å²) < 4.78 is 1.74. The molecule has 5 nitrogen and oxygen atoms in total. The molecule has 0 saturated heterocycles. The van der Waals surface area contributed by atoms with Gasteiger partial charge in [0.25, 0.3) is 0 Å². The van der Waals surface area contributed by atoms with Crippen LogP contribution in [0.4, 0.5) is 0 Å². The van der Waals surface area contributed by atoms with Crippen LogP contribution in [0.1, 0.15) is 11.5 Å². The Labute approximate surface area is 147 Å². The summed E-state index contributed by atoms with van der Waals surface area (Å²) in [5.74, 6) is 1.04. The van der Waals surface area contributed by atoms with Gasteiger partial charge in [-0.3, -0.25) is 0 Å². The van der Waals surface area contributed by atoms with E-state index in [0.717, 1.165) is 17.9 Å². The minimum atomic E-state index is 0.242. The highest BCUT2D eigenvalue weighted by Crippen LogP contribution is 2.38. The number of tetrazole rings is 1. The molecule has 1 atom stereocenters. The van der Waals surface area contributed by atoms with E-state index in [1.807, 2.05) is 7.05 Å². The first kappa shape index (κ1) is 15.7. The summed E-state index contributed by atoms with van der Waals surface area (Å²) in [6, 6.07) is 12.8. The molecule has 1 aliphatic carbocycles. The van der Waals surface area contributed by atoms with Crippen molar-refractivity contribution < 1.29 is 0 Å². The molecule has 1 unspecified atom stereocenters. The second-order valence-electron chi connectivity index (χ2n) is 6.74. The molecule has 1 heterocycles. The summed E-state index contributed by atoms with van der Waals surface area (Å²) >= 11 is 0. The molecule has 126 valence electrons. The molecular formula is C20H21N5. The Hall–Kier alpha value is -2.79. The highest BCUT2D eigenvalue weighted by molar-refractivity contribution is 5.97. The second-order valence-corrected chi connectivity index (χ2v) is 6.74. The lowest BCUT2D eigenvalue weighted by Gasteiger charge is -2.15. The fourth-order valence-corrected chi connectivity index (χ4v) is 3.49. The lowest BCUT2D eigenvalue weighted by molar-refractivity contribution is 0.449. The average Bonchev–Trinajstić information content (AvgIpc) is 3.22. The van der Waals surface area contributed by atoms with Crippen LogP contribution in [0.25, 0.3) is 22.2 Å². The number of aromatic nitrogens is 4. The molecule has 0 aliphatic heterocycles. The Morgan fingerprint density at radius 3 is 2.72 bits per heavy atom. The molecule has 1 aromatic heterocycles. The van der Waals surface area contributed by atoms with Crippen LogP contribution in [0, 0.1) is 0 Å². The number of aryl methyl sites for hydroxylation is 1. The van der Waals surface area contributed by atoms with Crippen LogP contribution >= 0.6 is 0 Å². The lowest BCUT2D eigenvalue weighted by Crippen LogP contribution is -2.13. The van der Waals surface area contributed by atoms with Crippen molar-refractivity contribution in [3.05, 3.63) is 65.8 Å². The predicted octanol–water partition coefficient (Wildman–Crippen LogP) is 3.17. The van der Waals surface area contributed by atoms with Gasteiger partial charge in [-0.05, 0) is 46.4 Å². The molecule has 0 spiro atoms. The Balaban J connectivity index is 1.89. The summed E-state index contributed by atoms with van der Waals surface area (Å²) in [4.78, 5) is 2.19. The fraction of sp³-hybridized carbons (Fsp3) is 0.250. The Morgan fingerprint density at radius 2 is 1.96 bits per heavy atom. The van der Waals surface area contributed by atoms with Gasteiger partial charge >= 0.3 is 0 Å². The Morgan fingerprint density at radius 1 is 1.12 bits per heavy atom. The van der Waals surface area contributed by atoms with Crippen molar-refractivity contribution in [2.75, 3.05) is 20.6 Å². The van der Waals surface area contributed by atoms with Gasteiger partial charge in [0, 0.05) is 25.1 Å². The third-order valence-electron chi connectivity index (χ3n) is 4.57. The standard InChI is InChI=1S/C20H21N5/c1-24(2)13-14-8-9-16(12-14)18-11-10-15-6-4-5-7-17(15)19(18)20-21-22-23-25(20)3/h4-12,16H,13H2,1-3H3. The number of nitrogens with zero attached hydrogens (tertiary/aromatic N) is 5. The number of likely N-dealkylation sites (N-methyl/N-ethyl adjacent to an activating group) is 1. The van der Waals surface area contributed by atoms with Crippen LogP contribution in [-0.4, -0.2) is 45.7 Å². The van der Waals surface area contributed by atoms with Crippen molar-refractivity contribution in [1.82, 2.24) is 25.1 Å². The number of rotatable bonds is 4. The Bertz CT molecular complexity index is 981. The molecule has 2 aromatic carbocycles. The van der Waals surface area contributed by atoms with E-state index in [-0.39, 0.29) is 5.92 Å². The molecular weight excluding hydrogens is 310 g/mol. The topological polar surface area (TPSA) is 46.8 Å². The van der Waals surface area contributed by atoms with Gasteiger partial charge in [-0.2, -0.15) is 0 Å². The SMILES string of the molecule is CN(C)CC1=CC(c2ccc3ccccc3c2-c2nnnn2C)C=C1. The molecule has 0 saturated carbocycles. The van der Waals surface area contributed by atoms with E-state index >= 15 is 0 Å². The summed E-state index contributed by atoms with van der Waals surface area (Å²) in [5, 5.41) is 14.6. The minimum absolute atomic E-state index is 0.242. The van der Waals surface area contributed by atoms with E-state index < -0.39 is 0 Å². The van der Waals surface area contributed by atoms with Gasteiger partial charge < -0.3 is 4.90 Å². The smallest absolute Gasteiger partial charge is 0.182 e. The molecule has 0 N–H and O–H groups in total. The molecule has 0 bridgehead atoms. The zero-order valence-corrected chi connectivity index (χ0v) is 14.7. The summed E-state index contributed by atoms with van der Waals surface area (Å²) in [6.07, 6.45) is 6.81. The molecule has 4 rings (SSSR count). The van der Waals surface area contributed by atoms with Crippen LogP contribution in [0.5, 0.6) is 0 Å². The minimum Gasteiger partial charge on any atom is -0.305 e. The first-order valence-electron chi connectivity index (χ1n) is 8.41. The van der Waals surface area contributed by atoms with Gasteiger partial charge in [-0.1, -0.05) is 54.6 Å². The van der Waals surface area contributed by atoms with E-state index in [4.69, 9.17) is 0 Å². The monoisotopic (exact) mass is 331 g/mol. The van der Waals surface area contributed by atoms with E-state index in [0.29, 0.717) is 0 Å². The lowest BCUT2D eigenvalue weighted by atomic mass is 9.90. The van der Waals surface area contributed by atoms with Crippen LogP contribution in [0.15, 0.2) is 60.2 Å². The van der Waals surface area contributed by atoms with Gasteiger partial charge in [0.15, 0.2) is 5.82 Å². The van der Waals surface area contributed by atoms with Crippen molar-refractivity contribution in [2.24, 2.45) is 7.05 Å². The zero-order valence-electron chi connectivity index (χ0n) is 14.7. The summed E-state index contributed by atoms with van der Waals surface area (Å²) in [7, 11) is 6.07. The van der Waals surface area contributed by atoms with Crippen LogP contribution in [-0.2, 0) is 7.05 Å². The molecule has 25 heavy (non-hydrogen) atoms. The van der Waals surface area contributed by atoms with Gasteiger partial charge in [-0.15, -0.1) is 5.10 Å². The van der Waals surface area contributed by atoms with E-state index in [2.05, 4.69) is 89.1 Å². The molecule has 0 fully saturated rings.